The van der Waals surface area contributed by atoms with Crippen LogP contribution in [0, 0.1) is 13.8 Å². The Kier molecular flexibility index (Phi) is 3.39. The maximum Gasteiger partial charge on any atom is 0.139 e. The molecule has 3 heterocycles. The number of piperazine rings is 1. The highest BCUT2D eigenvalue weighted by Crippen LogP contribution is 2.39. The number of aliphatic imine (C=N–C) groups is 1. The zero-order chi connectivity index (χ0) is 15.1. The number of anilines is 2. The molecule has 22 heavy (non-hydrogen) atoms. The number of hydrogen-bond acceptors (Lipinski definition) is 5. The topological polar surface area (TPSA) is 39.7 Å². The molecule has 0 bridgehead atoms. The van der Waals surface area contributed by atoms with E-state index in [4.69, 9.17) is 4.99 Å². The van der Waals surface area contributed by atoms with Gasteiger partial charge < -0.3 is 15.5 Å². The molecule has 2 aliphatic heterocycles. The number of thiophene rings is 1. The highest BCUT2D eigenvalue weighted by atomic mass is 32.1. The van der Waals surface area contributed by atoms with Crippen molar-refractivity contribution in [2.24, 2.45) is 4.99 Å². The lowest BCUT2D eigenvalue weighted by atomic mass is 10.2. The van der Waals surface area contributed by atoms with Crippen molar-refractivity contribution < 1.29 is 0 Å². The Morgan fingerprint density at radius 2 is 1.95 bits per heavy atom. The second-order valence-electron chi connectivity index (χ2n) is 5.92. The van der Waals surface area contributed by atoms with Gasteiger partial charge in [0.05, 0.1) is 16.9 Å². The predicted molar refractivity (Wildman–Crippen MR) is 94.2 cm³/mol. The van der Waals surface area contributed by atoms with Gasteiger partial charge in [0.15, 0.2) is 0 Å². The van der Waals surface area contributed by atoms with Crippen molar-refractivity contribution in [3.05, 3.63) is 40.3 Å². The summed E-state index contributed by atoms with van der Waals surface area (Å²) in [6, 6.07) is 8.68. The van der Waals surface area contributed by atoms with Crippen molar-refractivity contribution >= 4 is 33.5 Å². The van der Waals surface area contributed by atoms with Gasteiger partial charge in [0.2, 0.25) is 0 Å². The molecule has 1 fully saturated rings. The predicted octanol–water partition coefficient (Wildman–Crippen LogP) is 3.41. The van der Waals surface area contributed by atoms with Gasteiger partial charge >= 0.3 is 0 Å². The van der Waals surface area contributed by atoms with Gasteiger partial charge in [-0.1, -0.05) is 6.07 Å². The molecule has 0 amide bonds. The number of amidine groups is 1. The zero-order valence-electron chi connectivity index (χ0n) is 12.9. The third-order valence-electron chi connectivity index (χ3n) is 4.14. The molecule has 0 saturated carbocycles. The van der Waals surface area contributed by atoms with Gasteiger partial charge in [-0.2, -0.15) is 0 Å². The monoisotopic (exact) mass is 312 g/mol. The lowest BCUT2D eigenvalue weighted by Gasteiger charge is -2.30. The van der Waals surface area contributed by atoms with Crippen LogP contribution in [0.25, 0.3) is 0 Å². The molecule has 2 N–H and O–H groups in total. The average molecular weight is 312 g/mol. The zero-order valence-corrected chi connectivity index (χ0v) is 13.8. The molecule has 1 aromatic heterocycles. The second kappa shape index (κ2) is 5.41. The Balaban J connectivity index is 1.86. The minimum absolute atomic E-state index is 1.01. The Labute approximate surface area is 134 Å². The van der Waals surface area contributed by atoms with E-state index in [1.54, 1.807) is 11.3 Å². The van der Waals surface area contributed by atoms with E-state index in [0.717, 1.165) is 43.4 Å². The molecule has 0 atom stereocenters. The summed E-state index contributed by atoms with van der Waals surface area (Å²) < 4.78 is 0. The molecule has 5 heteroatoms. The molecular formula is C17H20N4S. The molecule has 2 aliphatic rings. The summed E-state index contributed by atoms with van der Waals surface area (Å²) in [6.07, 6.45) is 0. The number of aryl methyl sites for hydroxylation is 2. The van der Waals surface area contributed by atoms with Crippen LogP contribution in [0.2, 0.25) is 0 Å². The van der Waals surface area contributed by atoms with Crippen molar-refractivity contribution in [2.75, 3.05) is 31.5 Å². The number of nitrogens with one attached hydrogen (secondary N) is 2. The highest BCUT2D eigenvalue weighted by Gasteiger charge is 2.24. The van der Waals surface area contributed by atoms with Crippen molar-refractivity contribution in [3.8, 4) is 0 Å². The number of hydrogen-bond donors (Lipinski definition) is 2. The minimum Gasteiger partial charge on any atom is -0.353 e. The van der Waals surface area contributed by atoms with Crippen molar-refractivity contribution in [1.82, 2.24) is 10.2 Å². The van der Waals surface area contributed by atoms with Crippen LogP contribution in [0.5, 0.6) is 0 Å². The number of benzene rings is 1. The van der Waals surface area contributed by atoms with Crippen LogP contribution >= 0.6 is 11.3 Å². The average Bonchev–Trinajstić information content (AvgIpc) is 2.81. The van der Waals surface area contributed by atoms with Crippen LogP contribution in [0.1, 0.15) is 16.0 Å². The summed E-state index contributed by atoms with van der Waals surface area (Å²) in [6.45, 7) is 8.34. The normalized spacial score (nSPS) is 17.2. The van der Waals surface area contributed by atoms with Gasteiger partial charge in [0.25, 0.3) is 0 Å². The summed E-state index contributed by atoms with van der Waals surface area (Å²) in [5.41, 5.74) is 4.62. The Morgan fingerprint density at radius 1 is 1.14 bits per heavy atom. The minimum atomic E-state index is 1.01. The van der Waals surface area contributed by atoms with Crippen molar-refractivity contribution in [1.29, 1.82) is 0 Å². The van der Waals surface area contributed by atoms with E-state index >= 15 is 0 Å². The van der Waals surface area contributed by atoms with Gasteiger partial charge in [-0.15, -0.1) is 11.3 Å². The third kappa shape index (κ3) is 2.40. The highest BCUT2D eigenvalue weighted by molar-refractivity contribution is 7.16. The number of rotatable bonds is 0. The Bertz CT molecular complexity index is 741. The lowest BCUT2D eigenvalue weighted by molar-refractivity contribution is 0.358. The standard InChI is InChI=1S/C17H20N4S/c1-11-3-4-14-15(9-11)20-17-13(10-12(2)22-17)16(19-14)21-7-5-18-6-8-21/h3-4,9-10,18,20H,5-8H2,1-2H3. The Hall–Kier alpha value is -1.85. The lowest BCUT2D eigenvalue weighted by Crippen LogP contribution is -2.46. The van der Waals surface area contributed by atoms with Crippen LogP contribution in [-0.2, 0) is 0 Å². The van der Waals surface area contributed by atoms with E-state index in [-0.39, 0.29) is 0 Å². The molecule has 1 saturated heterocycles. The molecule has 0 aliphatic carbocycles. The maximum atomic E-state index is 5.02. The largest absolute Gasteiger partial charge is 0.353 e. The van der Waals surface area contributed by atoms with Crippen molar-refractivity contribution in [3.63, 3.8) is 0 Å². The first-order valence-corrected chi connectivity index (χ1v) is 8.55. The van der Waals surface area contributed by atoms with Gasteiger partial charge in [-0.05, 0) is 37.6 Å². The molecule has 114 valence electrons. The first kappa shape index (κ1) is 13.8. The van der Waals surface area contributed by atoms with E-state index in [1.165, 1.54) is 21.0 Å². The summed E-state index contributed by atoms with van der Waals surface area (Å²) in [7, 11) is 0. The molecule has 0 spiro atoms. The first-order valence-electron chi connectivity index (χ1n) is 7.73. The van der Waals surface area contributed by atoms with Gasteiger partial charge in [-0.3, -0.25) is 0 Å². The van der Waals surface area contributed by atoms with Crippen LogP contribution < -0.4 is 10.6 Å². The summed E-state index contributed by atoms with van der Waals surface area (Å²) in [4.78, 5) is 8.73. The van der Waals surface area contributed by atoms with E-state index in [0.29, 0.717) is 0 Å². The molecule has 1 aromatic carbocycles. The van der Waals surface area contributed by atoms with Crippen LogP contribution in [-0.4, -0.2) is 36.9 Å². The molecule has 4 rings (SSSR count). The molecule has 0 radical (unpaired) electrons. The van der Waals surface area contributed by atoms with E-state index < -0.39 is 0 Å². The van der Waals surface area contributed by atoms with Crippen LogP contribution in [0.3, 0.4) is 0 Å². The van der Waals surface area contributed by atoms with E-state index in [1.807, 2.05) is 0 Å². The third-order valence-corrected chi connectivity index (χ3v) is 5.11. The summed E-state index contributed by atoms with van der Waals surface area (Å²) >= 11 is 1.81. The number of nitrogens with zero attached hydrogens (tertiary/aromatic N) is 2. The fourth-order valence-electron chi connectivity index (χ4n) is 3.04. The maximum absolute atomic E-state index is 5.02. The molecule has 2 aromatic rings. The second-order valence-corrected chi connectivity index (χ2v) is 7.17. The fraction of sp³-hybridized carbons (Fsp3) is 0.353. The van der Waals surface area contributed by atoms with E-state index in [2.05, 4.69) is 53.6 Å². The van der Waals surface area contributed by atoms with Crippen LogP contribution in [0.15, 0.2) is 29.3 Å². The van der Waals surface area contributed by atoms with Gasteiger partial charge in [-0.25, -0.2) is 4.99 Å². The van der Waals surface area contributed by atoms with Crippen molar-refractivity contribution in [2.45, 2.75) is 13.8 Å². The quantitative estimate of drug-likeness (QED) is 0.783. The summed E-state index contributed by atoms with van der Waals surface area (Å²) in [5.74, 6) is 1.11. The molecular weight excluding hydrogens is 292 g/mol. The molecule has 0 unspecified atom stereocenters. The van der Waals surface area contributed by atoms with Gasteiger partial charge in [0.1, 0.15) is 10.8 Å². The van der Waals surface area contributed by atoms with E-state index in [9.17, 15) is 0 Å². The molecule has 4 nitrogen and oxygen atoms in total. The SMILES string of the molecule is Cc1ccc2c(c1)Nc1sc(C)cc1C(N1CCNCC1)=N2. The first-order chi connectivity index (χ1) is 10.7. The fourth-order valence-corrected chi connectivity index (χ4v) is 3.95. The number of fused-ring (bicyclic) bond motifs is 2. The smallest absolute Gasteiger partial charge is 0.139 e. The summed E-state index contributed by atoms with van der Waals surface area (Å²) in [5, 5.41) is 8.22. The van der Waals surface area contributed by atoms with Crippen LogP contribution in [0.4, 0.5) is 16.4 Å². The van der Waals surface area contributed by atoms with Gasteiger partial charge in [0, 0.05) is 31.1 Å². The Morgan fingerprint density at radius 3 is 2.77 bits per heavy atom.